The minimum Gasteiger partial charge on any atom is -0.508 e. The van der Waals surface area contributed by atoms with Crippen molar-refractivity contribution in [1.29, 1.82) is 0 Å². The molecule has 0 unspecified atom stereocenters. The lowest BCUT2D eigenvalue weighted by Gasteiger charge is -2.14. The summed E-state index contributed by atoms with van der Waals surface area (Å²) in [6, 6.07) is 27.3. The van der Waals surface area contributed by atoms with Gasteiger partial charge in [0.2, 0.25) is 0 Å². The van der Waals surface area contributed by atoms with Crippen LogP contribution < -0.4 is 9.47 Å². The molecule has 0 aromatic heterocycles. The fourth-order valence-electron chi connectivity index (χ4n) is 4.24. The molecule has 0 aliphatic rings. The predicted molar refractivity (Wildman–Crippen MR) is 136 cm³/mol. The summed E-state index contributed by atoms with van der Waals surface area (Å²) in [5.41, 5.74) is 6.58. The van der Waals surface area contributed by atoms with Crippen LogP contribution in [0.5, 0.6) is 23.0 Å². The van der Waals surface area contributed by atoms with Gasteiger partial charge in [0.25, 0.3) is 0 Å². The zero-order valence-corrected chi connectivity index (χ0v) is 19.6. The third-order valence-electron chi connectivity index (χ3n) is 6.09. The summed E-state index contributed by atoms with van der Waals surface area (Å²) in [7, 11) is 3.39. The normalized spacial score (nSPS) is 10.8. The molecular weight excluding hydrogens is 424 g/mol. The number of phenolic OH excluding ortho intramolecular Hbond substituents is 2. The molecule has 0 bridgehead atoms. The van der Waals surface area contributed by atoms with Crippen molar-refractivity contribution < 1.29 is 19.7 Å². The number of aromatic hydroxyl groups is 2. The van der Waals surface area contributed by atoms with Crippen molar-refractivity contribution in [3.8, 4) is 34.1 Å². The van der Waals surface area contributed by atoms with Crippen LogP contribution in [0.25, 0.3) is 11.1 Å². The Bertz CT molecular complexity index is 1160. The third kappa shape index (κ3) is 5.70. The molecule has 174 valence electrons. The van der Waals surface area contributed by atoms with Gasteiger partial charge in [-0.2, -0.15) is 0 Å². The van der Waals surface area contributed by atoms with Gasteiger partial charge >= 0.3 is 0 Å². The van der Waals surface area contributed by atoms with Crippen molar-refractivity contribution in [2.45, 2.75) is 25.7 Å². The van der Waals surface area contributed by atoms with Crippen LogP contribution >= 0.6 is 0 Å². The number of phenols is 2. The van der Waals surface area contributed by atoms with E-state index in [4.69, 9.17) is 9.47 Å². The zero-order valence-electron chi connectivity index (χ0n) is 19.6. The van der Waals surface area contributed by atoms with Gasteiger partial charge in [-0.1, -0.05) is 48.5 Å². The van der Waals surface area contributed by atoms with Gasteiger partial charge in [-0.15, -0.1) is 0 Å². The van der Waals surface area contributed by atoms with Crippen LogP contribution in [0.15, 0.2) is 84.9 Å². The van der Waals surface area contributed by atoms with E-state index >= 15 is 0 Å². The molecule has 0 atom stereocenters. The van der Waals surface area contributed by atoms with Crippen molar-refractivity contribution in [3.63, 3.8) is 0 Å². The molecular formula is C30H30O4. The summed E-state index contributed by atoms with van der Waals surface area (Å²) in [6.45, 7) is 0. The minimum atomic E-state index is 0.291. The van der Waals surface area contributed by atoms with Crippen molar-refractivity contribution in [1.82, 2.24) is 0 Å². The van der Waals surface area contributed by atoms with Crippen molar-refractivity contribution in [2.24, 2.45) is 0 Å². The average Bonchev–Trinajstić information content (AvgIpc) is 2.86. The van der Waals surface area contributed by atoms with Crippen molar-refractivity contribution in [3.05, 3.63) is 107 Å². The standard InChI is InChI=1S/C30H30O4/c1-33-29-19-25(15-13-23(29)11-9-21-5-3-7-27(31)17-21)26-16-14-24(30(20-26)34-2)12-10-22-6-4-8-28(32)18-22/h3-8,13-20,31-32H,9-12H2,1-2H3. The Hall–Kier alpha value is -3.92. The molecule has 0 saturated heterocycles. The highest BCUT2D eigenvalue weighted by atomic mass is 16.5. The number of aryl methyl sites for hydroxylation is 4. The number of benzene rings is 4. The Labute approximate surface area is 201 Å². The Kier molecular flexibility index (Phi) is 7.38. The smallest absolute Gasteiger partial charge is 0.122 e. The number of rotatable bonds is 9. The van der Waals surface area contributed by atoms with E-state index in [0.29, 0.717) is 11.5 Å². The van der Waals surface area contributed by atoms with E-state index in [0.717, 1.165) is 70.6 Å². The first-order valence-corrected chi connectivity index (χ1v) is 11.5. The molecule has 0 aliphatic carbocycles. The highest BCUT2D eigenvalue weighted by molar-refractivity contribution is 5.68. The third-order valence-corrected chi connectivity index (χ3v) is 6.09. The van der Waals surface area contributed by atoms with Gasteiger partial charge in [0, 0.05) is 0 Å². The number of methoxy groups -OCH3 is 2. The Balaban J connectivity index is 1.50. The molecule has 0 spiro atoms. The maximum Gasteiger partial charge on any atom is 0.122 e. The van der Waals surface area contributed by atoms with Gasteiger partial charge in [-0.25, -0.2) is 0 Å². The van der Waals surface area contributed by atoms with E-state index in [1.165, 1.54) is 0 Å². The summed E-state index contributed by atoms with van der Waals surface area (Å²) in [5, 5.41) is 19.4. The predicted octanol–water partition coefficient (Wildman–Crippen LogP) is 6.35. The van der Waals surface area contributed by atoms with Crippen LogP contribution in [0, 0.1) is 0 Å². The number of hydrogen-bond donors (Lipinski definition) is 2. The molecule has 4 aromatic carbocycles. The van der Waals surface area contributed by atoms with Crippen molar-refractivity contribution >= 4 is 0 Å². The second kappa shape index (κ2) is 10.8. The molecule has 4 nitrogen and oxygen atoms in total. The first-order chi connectivity index (χ1) is 16.6. The molecule has 0 amide bonds. The largest absolute Gasteiger partial charge is 0.508 e. The van der Waals surface area contributed by atoms with Gasteiger partial charge in [0.15, 0.2) is 0 Å². The molecule has 2 N–H and O–H groups in total. The van der Waals surface area contributed by atoms with Crippen LogP contribution in [-0.2, 0) is 25.7 Å². The second-order valence-corrected chi connectivity index (χ2v) is 8.39. The Morgan fingerprint density at radius 3 is 1.35 bits per heavy atom. The first kappa shape index (κ1) is 23.2. The summed E-state index contributed by atoms with van der Waals surface area (Å²) < 4.78 is 11.4. The van der Waals surface area contributed by atoms with Gasteiger partial charge in [0.1, 0.15) is 23.0 Å². The summed E-state index contributed by atoms with van der Waals surface area (Å²) >= 11 is 0. The molecule has 0 heterocycles. The Morgan fingerprint density at radius 1 is 0.529 bits per heavy atom. The van der Waals surface area contributed by atoms with E-state index in [1.807, 2.05) is 24.3 Å². The van der Waals surface area contributed by atoms with E-state index in [-0.39, 0.29) is 0 Å². The lowest BCUT2D eigenvalue weighted by Crippen LogP contribution is -1.98. The van der Waals surface area contributed by atoms with E-state index < -0.39 is 0 Å². The van der Waals surface area contributed by atoms with Crippen LogP contribution in [0.1, 0.15) is 22.3 Å². The van der Waals surface area contributed by atoms with Crippen LogP contribution in [0.2, 0.25) is 0 Å². The van der Waals surface area contributed by atoms with Gasteiger partial charge in [0.05, 0.1) is 14.2 Å². The number of ether oxygens (including phenoxy) is 2. The molecule has 0 radical (unpaired) electrons. The van der Waals surface area contributed by atoms with Gasteiger partial charge in [-0.3, -0.25) is 0 Å². The van der Waals surface area contributed by atoms with E-state index in [9.17, 15) is 10.2 Å². The molecule has 0 saturated carbocycles. The van der Waals surface area contributed by atoms with E-state index in [2.05, 4.69) is 36.4 Å². The van der Waals surface area contributed by atoms with Gasteiger partial charge in [-0.05, 0) is 95.5 Å². The van der Waals surface area contributed by atoms with Crippen LogP contribution in [-0.4, -0.2) is 24.4 Å². The monoisotopic (exact) mass is 454 g/mol. The molecule has 4 rings (SSSR count). The molecule has 0 fully saturated rings. The number of hydrogen-bond acceptors (Lipinski definition) is 4. The van der Waals surface area contributed by atoms with Gasteiger partial charge < -0.3 is 19.7 Å². The summed E-state index contributed by atoms with van der Waals surface area (Å²) in [4.78, 5) is 0. The lowest BCUT2D eigenvalue weighted by molar-refractivity contribution is 0.409. The molecule has 0 aliphatic heterocycles. The lowest BCUT2D eigenvalue weighted by atomic mass is 9.97. The zero-order chi connectivity index (χ0) is 23.9. The maximum absolute atomic E-state index is 9.69. The molecule has 34 heavy (non-hydrogen) atoms. The van der Waals surface area contributed by atoms with Crippen LogP contribution in [0.3, 0.4) is 0 Å². The molecule has 4 heteroatoms. The van der Waals surface area contributed by atoms with Crippen LogP contribution in [0.4, 0.5) is 0 Å². The fourth-order valence-corrected chi connectivity index (χ4v) is 4.24. The fraction of sp³-hybridized carbons (Fsp3) is 0.200. The minimum absolute atomic E-state index is 0.291. The Morgan fingerprint density at radius 2 is 0.971 bits per heavy atom. The average molecular weight is 455 g/mol. The SMILES string of the molecule is COc1cc(-c2ccc(CCc3cccc(O)c3)c(OC)c2)ccc1CCc1cccc(O)c1. The van der Waals surface area contributed by atoms with E-state index in [1.54, 1.807) is 38.5 Å². The molecule has 4 aromatic rings. The quantitative estimate of drug-likeness (QED) is 0.309. The first-order valence-electron chi connectivity index (χ1n) is 11.5. The van der Waals surface area contributed by atoms with Crippen molar-refractivity contribution in [2.75, 3.05) is 14.2 Å². The topological polar surface area (TPSA) is 58.9 Å². The summed E-state index contributed by atoms with van der Waals surface area (Å²) in [6.07, 6.45) is 3.30. The second-order valence-electron chi connectivity index (χ2n) is 8.39. The highest BCUT2D eigenvalue weighted by Gasteiger charge is 2.10. The highest BCUT2D eigenvalue weighted by Crippen LogP contribution is 2.32. The maximum atomic E-state index is 9.69. The summed E-state index contributed by atoms with van der Waals surface area (Å²) in [5.74, 6) is 2.28.